The smallest absolute Gasteiger partial charge is 0.0711 e. The van der Waals surface area contributed by atoms with E-state index >= 15 is 0 Å². The maximum absolute atomic E-state index is 3.74. The molecule has 5 rings (SSSR count). The van der Waals surface area contributed by atoms with Gasteiger partial charge in [0.05, 0.1) is 7.57 Å². The van der Waals surface area contributed by atoms with Crippen LogP contribution in [-0.2, 0) is 0 Å². The molecule has 0 amide bonds. The van der Waals surface area contributed by atoms with Gasteiger partial charge in [-0.2, -0.15) is 0 Å². The molecule has 0 aliphatic rings. The Balaban J connectivity index is 2.00. The van der Waals surface area contributed by atoms with Crippen LogP contribution < -0.4 is 0 Å². The summed E-state index contributed by atoms with van der Waals surface area (Å²) in [6.07, 6.45) is 0. The van der Waals surface area contributed by atoms with Gasteiger partial charge in [0.2, 0.25) is 0 Å². The fourth-order valence-electron chi connectivity index (χ4n) is 3.34. The third kappa shape index (κ3) is 2.77. The molecule has 6 heteroatoms. The molecule has 0 bridgehead atoms. The van der Waals surface area contributed by atoms with Crippen LogP contribution in [0.15, 0.2) is 44.0 Å². The summed E-state index contributed by atoms with van der Waals surface area (Å²) < 4.78 is 5.12. The molecule has 0 nitrogen and oxygen atoms in total. The van der Waals surface area contributed by atoms with Crippen LogP contribution in [0.2, 0.25) is 0 Å². The summed E-state index contributed by atoms with van der Waals surface area (Å²) in [5, 5.41) is 2.71. The zero-order valence-corrected chi connectivity index (χ0v) is 20.3. The summed E-state index contributed by atoms with van der Waals surface area (Å²) in [5.74, 6) is 0. The summed E-state index contributed by atoms with van der Waals surface area (Å²) >= 11 is 14.9. The van der Waals surface area contributed by atoms with Crippen LogP contribution in [0.25, 0.3) is 41.1 Å². The number of thiophene rings is 4. The summed E-state index contributed by atoms with van der Waals surface area (Å²) in [6, 6.07) is 13.6. The van der Waals surface area contributed by atoms with Gasteiger partial charge in [0.25, 0.3) is 0 Å². The highest BCUT2D eigenvalue weighted by atomic mass is 79.9. The van der Waals surface area contributed by atoms with E-state index in [0.717, 1.165) is 0 Å². The molecule has 0 spiro atoms. The van der Waals surface area contributed by atoms with Crippen LogP contribution in [-0.4, -0.2) is 0 Å². The van der Waals surface area contributed by atoms with E-state index in [1.54, 1.807) is 0 Å². The van der Waals surface area contributed by atoms with Crippen LogP contribution in [0.3, 0.4) is 0 Å². The average molecular weight is 540 g/mol. The van der Waals surface area contributed by atoms with Crippen molar-refractivity contribution in [3.8, 4) is 20.9 Å². The topological polar surface area (TPSA) is 0 Å². The summed E-state index contributed by atoms with van der Waals surface area (Å²) in [6.45, 7) is 4.36. The standard InChI is InChI=1S/C20H12Br2S4/c1-9-3-5-13(23-9)17-11-7-15(21)26-20(11)18(14-6-4-10(2)24-14)12-8-16(22)25-19(12)17/h3-8H,1-2H3. The van der Waals surface area contributed by atoms with Crippen LogP contribution in [0.1, 0.15) is 9.75 Å². The van der Waals surface area contributed by atoms with Gasteiger partial charge in [-0.1, -0.05) is 0 Å². The van der Waals surface area contributed by atoms with Crippen molar-refractivity contribution in [2.24, 2.45) is 0 Å². The van der Waals surface area contributed by atoms with Gasteiger partial charge in [-0.25, -0.2) is 0 Å². The van der Waals surface area contributed by atoms with Crippen molar-refractivity contribution < 1.29 is 0 Å². The lowest BCUT2D eigenvalue weighted by atomic mass is 10.0. The second kappa shape index (κ2) is 6.54. The molecule has 1 aromatic carbocycles. The lowest BCUT2D eigenvalue weighted by Gasteiger charge is -2.09. The van der Waals surface area contributed by atoms with Gasteiger partial charge >= 0.3 is 0 Å². The number of halogens is 2. The van der Waals surface area contributed by atoms with Crippen LogP contribution in [0.4, 0.5) is 0 Å². The Bertz CT molecular complexity index is 1130. The second-order valence-electron chi connectivity index (χ2n) is 6.16. The molecular formula is C20H12Br2S4. The molecular weight excluding hydrogens is 528 g/mol. The molecule has 0 radical (unpaired) electrons. The zero-order valence-electron chi connectivity index (χ0n) is 13.9. The van der Waals surface area contributed by atoms with Crippen molar-refractivity contribution >= 4 is 97.4 Å². The molecule has 4 heterocycles. The fourth-order valence-corrected chi connectivity index (χ4v) is 8.69. The predicted octanol–water partition coefficient (Wildman–Crippen LogP) is 9.71. The van der Waals surface area contributed by atoms with E-state index in [0.29, 0.717) is 0 Å². The Morgan fingerprint density at radius 2 is 1.04 bits per heavy atom. The van der Waals surface area contributed by atoms with E-state index in [2.05, 4.69) is 82.1 Å². The average Bonchev–Trinajstić information content (AvgIpc) is 3.33. The lowest BCUT2D eigenvalue weighted by Crippen LogP contribution is -1.81. The Hall–Kier alpha value is -0.500. The number of rotatable bonds is 2. The third-order valence-electron chi connectivity index (χ3n) is 4.37. The fraction of sp³-hybridized carbons (Fsp3) is 0.100. The number of hydrogen-bond donors (Lipinski definition) is 0. The maximum atomic E-state index is 3.74. The molecule has 26 heavy (non-hydrogen) atoms. The van der Waals surface area contributed by atoms with Crippen LogP contribution in [0, 0.1) is 13.8 Å². The first-order valence-electron chi connectivity index (χ1n) is 7.99. The van der Waals surface area contributed by atoms with E-state index in [9.17, 15) is 0 Å². The lowest BCUT2D eigenvalue weighted by molar-refractivity contribution is 1.64. The molecule has 130 valence electrons. The van der Waals surface area contributed by atoms with Gasteiger partial charge in [0.1, 0.15) is 0 Å². The molecule has 0 saturated heterocycles. The SMILES string of the molecule is Cc1ccc(-c2c3cc(Br)sc3c(-c3ccc(C)s3)c3cc(Br)sc23)s1. The molecule has 0 unspecified atom stereocenters. The monoisotopic (exact) mass is 538 g/mol. The van der Waals surface area contributed by atoms with Gasteiger partial charge in [-0.05, 0) is 82.1 Å². The third-order valence-corrected chi connectivity index (χ3v) is 9.72. The minimum absolute atomic E-state index is 1.19. The van der Waals surface area contributed by atoms with E-state index in [4.69, 9.17) is 0 Å². The molecule has 0 aliphatic carbocycles. The van der Waals surface area contributed by atoms with Gasteiger partial charge in [-0.3, -0.25) is 0 Å². The zero-order chi connectivity index (χ0) is 18.0. The Morgan fingerprint density at radius 3 is 1.38 bits per heavy atom. The first-order valence-corrected chi connectivity index (χ1v) is 12.8. The van der Waals surface area contributed by atoms with E-state index < -0.39 is 0 Å². The molecule has 4 aromatic heterocycles. The Morgan fingerprint density at radius 1 is 0.615 bits per heavy atom. The highest BCUT2D eigenvalue weighted by Crippen LogP contribution is 2.52. The Labute approximate surface area is 184 Å². The minimum atomic E-state index is 1.19. The van der Waals surface area contributed by atoms with Crippen molar-refractivity contribution in [3.63, 3.8) is 0 Å². The Kier molecular flexibility index (Phi) is 4.42. The highest BCUT2D eigenvalue weighted by molar-refractivity contribution is 9.11. The van der Waals surface area contributed by atoms with Crippen molar-refractivity contribution in [1.29, 1.82) is 0 Å². The van der Waals surface area contributed by atoms with E-state index in [1.165, 1.54) is 58.4 Å². The van der Waals surface area contributed by atoms with Gasteiger partial charge in [0, 0.05) is 50.8 Å². The van der Waals surface area contributed by atoms with Crippen molar-refractivity contribution in [2.75, 3.05) is 0 Å². The molecule has 0 aliphatic heterocycles. The first-order chi connectivity index (χ1) is 12.5. The van der Waals surface area contributed by atoms with Gasteiger partial charge in [0.15, 0.2) is 0 Å². The quantitative estimate of drug-likeness (QED) is 0.209. The molecule has 0 N–H and O–H groups in total. The highest BCUT2D eigenvalue weighted by Gasteiger charge is 2.22. The van der Waals surface area contributed by atoms with Crippen molar-refractivity contribution in [3.05, 3.63) is 53.7 Å². The molecule has 0 saturated carbocycles. The minimum Gasteiger partial charge on any atom is -0.141 e. The van der Waals surface area contributed by atoms with Gasteiger partial charge < -0.3 is 0 Å². The number of benzene rings is 1. The first kappa shape index (κ1) is 17.6. The van der Waals surface area contributed by atoms with Crippen molar-refractivity contribution in [1.82, 2.24) is 0 Å². The van der Waals surface area contributed by atoms with E-state index in [1.807, 2.05) is 45.3 Å². The van der Waals surface area contributed by atoms with Crippen LogP contribution >= 0.6 is 77.2 Å². The normalized spacial score (nSPS) is 11.8. The predicted molar refractivity (Wildman–Crippen MR) is 129 cm³/mol. The van der Waals surface area contributed by atoms with Crippen molar-refractivity contribution in [2.45, 2.75) is 13.8 Å². The van der Waals surface area contributed by atoms with Crippen LogP contribution in [0.5, 0.6) is 0 Å². The van der Waals surface area contributed by atoms with Gasteiger partial charge in [-0.15, -0.1) is 45.3 Å². The number of fused-ring (bicyclic) bond motifs is 2. The molecule has 0 fully saturated rings. The number of aryl methyl sites for hydroxylation is 2. The summed E-state index contributed by atoms with van der Waals surface area (Å²) in [7, 11) is 0. The summed E-state index contributed by atoms with van der Waals surface area (Å²) in [4.78, 5) is 5.41. The molecule has 5 aromatic rings. The second-order valence-corrected chi connectivity index (χ2v) is 13.6. The van der Waals surface area contributed by atoms with E-state index in [-0.39, 0.29) is 0 Å². The number of hydrogen-bond acceptors (Lipinski definition) is 4. The maximum Gasteiger partial charge on any atom is 0.0711 e. The largest absolute Gasteiger partial charge is 0.141 e. The molecule has 0 atom stereocenters. The summed E-state index contributed by atoms with van der Waals surface area (Å²) in [5.41, 5.74) is 2.76.